The monoisotopic (exact) mass is 274 g/mol. The van der Waals surface area contributed by atoms with E-state index < -0.39 is 20.6 Å². The van der Waals surface area contributed by atoms with E-state index in [-0.39, 0.29) is 30.3 Å². The van der Waals surface area contributed by atoms with Crippen LogP contribution in [0.15, 0.2) is 18.2 Å². The van der Waals surface area contributed by atoms with Gasteiger partial charge in [-0.1, -0.05) is 0 Å². The highest BCUT2D eigenvalue weighted by molar-refractivity contribution is 7.91. The molecule has 0 atom stereocenters. The van der Waals surface area contributed by atoms with Gasteiger partial charge in [0.1, 0.15) is 5.82 Å². The van der Waals surface area contributed by atoms with Gasteiger partial charge in [0.25, 0.3) is 5.69 Å². The van der Waals surface area contributed by atoms with E-state index in [0.29, 0.717) is 5.69 Å². The van der Waals surface area contributed by atoms with Crippen molar-refractivity contribution in [1.82, 2.24) is 0 Å². The third kappa shape index (κ3) is 2.76. The van der Waals surface area contributed by atoms with E-state index in [2.05, 4.69) is 0 Å². The smallest absolute Gasteiger partial charge is 0.274 e. The minimum Gasteiger partial charge on any atom is -0.369 e. The van der Waals surface area contributed by atoms with Gasteiger partial charge in [-0.25, -0.2) is 12.8 Å². The van der Waals surface area contributed by atoms with Gasteiger partial charge in [-0.2, -0.15) is 0 Å². The number of hydrogen-bond donors (Lipinski definition) is 0. The van der Waals surface area contributed by atoms with Crippen molar-refractivity contribution in [3.63, 3.8) is 0 Å². The maximum Gasteiger partial charge on any atom is 0.274 e. The van der Waals surface area contributed by atoms with Crippen LogP contribution in [0.2, 0.25) is 0 Å². The van der Waals surface area contributed by atoms with E-state index in [1.54, 1.807) is 4.90 Å². The standard InChI is InChI=1S/C10H11FN2O4S/c11-8-5-9(7-10(6-8)13(14)15)12-1-3-18(16,17)4-2-12/h5-7H,1-4H2. The zero-order chi connectivity index (χ0) is 13.3. The highest BCUT2D eigenvalue weighted by Crippen LogP contribution is 2.24. The van der Waals surface area contributed by atoms with Crippen LogP contribution in [-0.4, -0.2) is 37.9 Å². The first kappa shape index (κ1) is 12.7. The van der Waals surface area contributed by atoms with Crippen LogP contribution in [0.3, 0.4) is 0 Å². The van der Waals surface area contributed by atoms with E-state index in [1.807, 2.05) is 0 Å². The molecule has 6 nitrogen and oxygen atoms in total. The Bertz CT molecular complexity index is 574. The van der Waals surface area contributed by atoms with Crippen LogP contribution in [-0.2, 0) is 9.84 Å². The second-order valence-corrected chi connectivity index (χ2v) is 6.37. The number of halogens is 1. The summed E-state index contributed by atoms with van der Waals surface area (Å²) in [5.41, 5.74) is 0.00929. The second kappa shape index (κ2) is 4.52. The fourth-order valence-electron chi connectivity index (χ4n) is 1.82. The maximum absolute atomic E-state index is 13.2. The lowest BCUT2D eigenvalue weighted by Crippen LogP contribution is -2.40. The molecule has 1 aliphatic heterocycles. The molecule has 0 spiro atoms. The Balaban J connectivity index is 2.26. The van der Waals surface area contributed by atoms with Crippen LogP contribution in [0.5, 0.6) is 0 Å². The molecule has 0 bridgehead atoms. The molecule has 1 heterocycles. The SMILES string of the molecule is O=[N+]([O-])c1cc(F)cc(N2CCS(=O)(=O)CC2)c1. The number of nitro benzene ring substituents is 1. The Labute approximate surface area is 103 Å². The molecule has 1 aliphatic rings. The van der Waals surface area contributed by atoms with Gasteiger partial charge in [-0.15, -0.1) is 0 Å². The van der Waals surface area contributed by atoms with Crippen LogP contribution >= 0.6 is 0 Å². The second-order valence-electron chi connectivity index (χ2n) is 4.06. The summed E-state index contributed by atoms with van der Waals surface area (Å²) in [6, 6.07) is 3.26. The lowest BCUT2D eigenvalue weighted by Gasteiger charge is -2.28. The number of hydrogen-bond acceptors (Lipinski definition) is 5. The molecule has 1 fully saturated rings. The third-order valence-electron chi connectivity index (χ3n) is 2.79. The molecule has 0 radical (unpaired) electrons. The number of anilines is 1. The fourth-order valence-corrected chi connectivity index (χ4v) is 3.02. The van der Waals surface area contributed by atoms with Crippen LogP contribution in [0.1, 0.15) is 0 Å². The summed E-state index contributed by atoms with van der Waals surface area (Å²) >= 11 is 0. The van der Waals surface area contributed by atoms with Crippen molar-refractivity contribution in [2.75, 3.05) is 29.5 Å². The molecule has 1 saturated heterocycles. The van der Waals surface area contributed by atoms with Crippen molar-refractivity contribution in [3.05, 3.63) is 34.1 Å². The number of nitro groups is 1. The fraction of sp³-hybridized carbons (Fsp3) is 0.400. The Morgan fingerprint density at radius 1 is 1.22 bits per heavy atom. The van der Waals surface area contributed by atoms with Gasteiger partial charge in [-0.3, -0.25) is 10.1 Å². The largest absolute Gasteiger partial charge is 0.369 e. The first-order valence-corrected chi connectivity index (χ1v) is 7.10. The lowest BCUT2D eigenvalue weighted by molar-refractivity contribution is -0.385. The number of benzene rings is 1. The Morgan fingerprint density at radius 3 is 2.39 bits per heavy atom. The maximum atomic E-state index is 13.2. The van der Waals surface area contributed by atoms with Crippen LogP contribution in [0.25, 0.3) is 0 Å². The van der Waals surface area contributed by atoms with Crippen LogP contribution < -0.4 is 4.90 Å². The van der Waals surface area contributed by atoms with Gasteiger partial charge in [-0.05, 0) is 6.07 Å². The van der Waals surface area contributed by atoms with E-state index in [4.69, 9.17) is 0 Å². The Kier molecular flexibility index (Phi) is 3.20. The molecule has 0 saturated carbocycles. The molecular formula is C10H11FN2O4S. The molecular weight excluding hydrogens is 263 g/mol. The quantitative estimate of drug-likeness (QED) is 0.593. The van der Waals surface area contributed by atoms with E-state index in [9.17, 15) is 22.9 Å². The summed E-state index contributed by atoms with van der Waals surface area (Å²) in [6.45, 7) is 0.450. The van der Waals surface area contributed by atoms with Gasteiger partial charge in [0.15, 0.2) is 9.84 Å². The minimum absolute atomic E-state index is 0.0166. The van der Waals surface area contributed by atoms with Gasteiger partial charge in [0.2, 0.25) is 0 Å². The van der Waals surface area contributed by atoms with Gasteiger partial charge in [0, 0.05) is 24.8 Å². The highest BCUT2D eigenvalue weighted by Gasteiger charge is 2.23. The van der Waals surface area contributed by atoms with Crippen molar-refractivity contribution in [3.8, 4) is 0 Å². The molecule has 0 amide bonds. The number of nitrogens with zero attached hydrogens (tertiary/aromatic N) is 2. The molecule has 0 N–H and O–H groups in total. The molecule has 0 aliphatic carbocycles. The Morgan fingerprint density at radius 2 is 1.83 bits per heavy atom. The van der Waals surface area contributed by atoms with Crippen molar-refractivity contribution in [2.45, 2.75) is 0 Å². The minimum atomic E-state index is -3.03. The van der Waals surface area contributed by atoms with Crippen molar-refractivity contribution in [1.29, 1.82) is 0 Å². The third-order valence-corrected chi connectivity index (χ3v) is 4.40. The zero-order valence-corrected chi connectivity index (χ0v) is 10.2. The predicted octanol–water partition coefficient (Wildman–Crippen LogP) is 0.969. The Hall–Kier alpha value is -1.70. The molecule has 0 unspecified atom stereocenters. The highest BCUT2D eigenvalue weighted by atomic mass is 32.2. The normalized spacial score (nSPS) is 18.6. The summed E-state index contributed by atoms with van der Waals surface area (Å²) in [4.78, 5) is 11.6. The first-order chi connectivity index (χ1) is 8.37. The summed E-state index contributed by atoms with van der Waals surface area (Å²) in [5, 5.41) is 10.6. The summed E-state index contributed by atoms with van der Waals surface area (Å²) < 4.78 is 35.8. The topological polar surface area (TPSA) is 80.5 Å². The van der Waals surface area contributed by atoms with Crippen molar-refractivity contribution >= 4 is 21.2 Å². The van der Waals surface area contributed by atoms with Crippen molar-refractivity contribution < 1.29 is 17.7 Å². The molecule has 98 valence electrons. The average molecular weight is 274 g/mol. The summed E-state index contributed by atoms with van der Waals surface area (Å²) in [7, 11) is -3.03. The van der Waals surface area contributed by atoms with Gasteiger partial charge < -0.3 is 4.90 Å². The van der Waals surface area contributed by atoms with Crippen LogP contribution in [0.4, 0.5) is 15.8 Å². The molecule has 1 aromatic carbocycles. The number of rotatable bonds is 2. The molecule has 0 aromatic heterocycles. The first-order valence-electron chi connectivity index (χ1n) is 5.28. The molecule has 1 aromatic rings. The molecule has 2 rings (SSSR count). The molecule has 8 heteroatoms. The predicted molar refractivity (Wildman–Crippen MR) is 63.9 cm³/mol. The van der Waals surface area contributed by atoms with Crippen molar-refractivity contribution in [2.24, 2.45) is 0 Å². The summed E-state index contributed by atoms with van der Waals surface area (Å²) in [5.74, 6) is -0.734. The van der Waals surface area contributed by atoms with E-state index >= 15 is 0 Å². The van der Waals surface area contributed by atoms with Gasteiger partial charge >= 0.3 is 0 Å². The van der Waals surface area contributed by atoms with Gasteiger partial charge in [0.05, 0.1) is 22.5 Å². The number of sulfone groups is 1. The summed E-state index contributed by atoms with van der Waals surface area (Å²) in [6.07, 6.45) is 0. The average Bonchev–Trinajstić information content (AvgIpc) is 2.28. The lowest BCUT2D eigenvalue weighted by atomic mass is 10.2. The van der Waals surface area contributed by atoms with E-state index in [0.717, 1.165) is 6.07 Å². The zero-order valence-electron chi connectivity index (χ0n) is 9.37. The molecule has 18 heavy (non-hydrogen) atoms. The van der Waals surface area contributed by atoms with Crippen LogP contribution in [0, 0.1) is 15.9 Å². The van der Waals surface area contributed by atoms with E-state index in [1.165, 1.54) is 12.1 Å². The number of non-ortho nitro benzene ring substituents is 1.